The molecule has 2 atom stereocenters. The number of H-pyrrole nitrogens is 1. The van der Waals surface area contributed by atoms with Crippen LogP contribution < -0.4 is 5.32 Å². The molecule has 0 spiro atoms. The average molecular weight is 306 g/mol. The molecule has 2 aliphatic rings. The largest absolute Gasteiger partial charge is 0.494 e. The number of hydrogen-bond donors (Lipinski definition) is 4. The Morgan fingerprint density at radius 3 is 2.45 bits per heavy atom. The number of ether oxygens (including phenoxy) is 1. The molecule has 1 saturated carbocycles. The lowest BCUT2D eigenvalue weighted by Gasteiger charge is -2.26. The van der Waals surface area contributed by atoms with Gasteiger partial charge in [0, 0.05) is 17.0 Å². The normalized spacial score (nSPS) is 24.0. The van der Waals surface area contributed by atoms with Crippen LogP contribution in [0.4, 0.5) is 4.79 Å². The van der Waals surface area contributed by atoms with E-state index >= 15 is 0 Å². The van der Waals surface area contributed by atoms with Gasteiger partial charge < -0.3 is 20.3 Å². The minimum atomic E-state index is -0.593. The van der Waals surface area contributed by atoms with Crippen LogP contribution in [0.15, 0.2) is 12.2 Å². The van der Waals surface area contributed by atoms with Crippen LogP contribution in [0.2, 0.25) is 0 Å². The fraction of sp³-hybridized carbons (Fsp3) is 0.562. The molecule has 1 fully saturated rings. The summed E-state index contributed by atoms with van der Waals surface area (Å²) in [7, 11) is 0. The Labute approximate surface area is 129 Å². The van der Waals surface area contributed by atoms with E-state index in [-0.39, 0.29) is 17.7 Å². The third-order valence-corrected chi connectivity index (χ3v) is 3.99. The van der Waals surface area contributed by atoms with Crippen molar-refractivity contribution >= 4 is 6.09 Å². The fourth-order valence-corrected chi connectivity index (χ4v) is 2.98. The number of aromatic hydroxyl groups is 2. The smallest absolute Gasteiger partial charge is 0.408 e. The second-order valence-corrected chi connectivity index (χ2v) is 7.02. The van der Waals surface area contributed by atoms with Gasteiger partial charge in [-0.1, -0.05) is 12.2 Å². The Morgan fingerprint density at radius 2 is 1.86 bits per heavy atom. The minimum absolute atomic E-state index is 0.0234. The lowest BCUT2D eigenvalue weighted by atomic mass is 9.85. The predicted molar refractivity (Wildman–Crippen MR) is 80.8 cm³/mol. The van der Waals surface area contributed by atoms with E-state index < -0.39 is 17.7 Å². The van der Waals surface area contributed by atoms with Gasteiger partial charge in [0.2, 0.25) is 0 Å². The second kappa shape index (κ2) is 4.97. The zero-order valence-corrected chi connectivity index (χ0v) is 13.0. The first-order valence-corrected chi connectivity index (χ1v) is 7.58. The molecule has 6 heteroatoms. The molecule has 3 rings (SSSR count). The number of aromatic nitrogens is 1. The van der Waals surface area contributed by atoms with E-state index in [2.05, 4.69) is 10.3 Å². The molecule has 0 aromatic carbocycles. The number of allylic oxidation sites excluding steroid dienone is 1. The van der Waals surface area contributed by atoms with Crippen LogP contribution in [0.5, 0.6) is 11.8 Å². The van der Waals surface area contributed by atoms with E-state index in [1.807, 2.05) is 12.2 Å². The number of aromatic amines is 1. The van der Waals surface area contributed by atoms with Gasteiger partial charge in [0.05, 0.1) is 6.04 Å². The molecule has 0 aliphatic heterocycles. The molecule has 1 aromatic heterocycles. The van der Waals surface area contributed by atoms with E-state index in [0.717, 1.165) is 12.8 Å². The molecule has 4 N–H and O–H groups in total. The maximum absolute atomic E-state index is 12.0. The van der Waals surface area contributed by atoms with Crippen molar-refractivity contribution in [2.24, 2.45) is 5.92 Å². The first-order chi connectivity index (χ1) is 10.3. The summed E-state index contributed by atoms with van der Waals surface area (Å²) in [6.07, 6.45) is 5.52. The Morgan fingerprint density at radius 1 is 1.23 bits per heavy atom. The highest BCUT2D eigenvalue weighted by Crippen LogP contribution is 2.52. The summed E-state index contributed by atoms with van der Waals surface area (Å²) >= 11 is 0. The number of nitrogens with one attached hydrogen (secondary N) is 2. The average Bonchev–Trinajstić information content (AvgIpc) is 3.15. The molecular weight excluding hydrogens is 284 g/mol. The molecule has 1 heterocycles. The molecule has 0 bridgehead atoms. The third-order valence-electron chi connectivity index (χ3n) is 3.99. The number of alkyl carbamates (subject to hydrolysis) is 1. The summed E-state index contributed by atoms with van der Waals surface area (Å²) < 4.78 is 5.25. The number of fused-ring (bicyclic) bond motifs is 1. The van der Waals surface area contributed by atoms with Gasteiger partial charge in [-0.15, -0.1) is 0 Å². The summed E-state index contributed by atoms with van der Waals surface area (Å²) in [4.78, 5) is 14.5. The van der Waals surface area contributed by atoms with E-state index in [4.69, 9.17) is 4.74 Å². The SMILES string of the molecule is CC(C)(C)OC(=O)NC1C=CC(C2CC2)c2c(O)[nH]c(O)c21. The van der Waals surface area contributed by atoms with Gasteiger partial charge in [-0.25, -0.2) is 4.79 Å². The quantitative estimate of drug-likeness (QED) is 0.632. The van der Waals surface area contributed by atoms with Gasteiger partial charge in [0.1, 0.15) is 5.60 Å². The van der Waals surface area contributed by atoms with Crippen LogP contribution in [0.3, 0.4) is 0 Å². The van der Waals surface area contributed by atoms with Crippen LogP contribution in [0.25, 0.3) is 0 Å². The first kappa shape index (κ1) is 14.8. The highest BCUT2D eigenvalue weighted by molar-refractivity contribution is 5.70. The number of carbonyl (C=O) groups is 1. The monoisotopic (exact) mass is 306 g/mol. The van der Waals surface area contributed by atoms with Gasteiger partial charge in [0.15, 0.2) is 11.8 Å². The van der Waals surface area contributed by atoms with Gasteiger partial charge in [-0.2, -0.15) is 0 Å². The summed E-state index contributed by atoms with van der Waals surface area (Å²) in [6, 6.07) is -0.517. The second-order valence-electron chi connectivity index (χ2n) is 7.02. The highest BCUT2D eigenvalue weighted by Gasteiger charge is 2.39. The number of carbonyl (C=O) groups excluding carboxylic acids is 1. The molecule has 2 aliphatic carbocycles. The van der Waals surface area contributed by atoms with E-state index in [1.165, 1.54) is 0 Å². The van der Waals surface area contributed by atoms with Crippen molar-refractivity contribution in [3.63, 3.8) is 0 Å². The van der Waals surface area contributed by atoms with Crippen molar-refractivity contribution in [3.05, 3.63) is 23.3 Å². The van der Waals surface area contributed by atoms with E-state index in [9.17, 15) is 15.0 Å². The minimum Gasteiger partial charge on any atom is -0.494 e. The molecule has 1 amide bonds. The van der Waals surface area contributed by atoms with Crippen molar-refractivity contribution < 1.29 is 19.7 Å². The lowest BCUT2D eigenvalue weighted by Crippen LogP contribution is -2.35. The predicted octanol–water partition coefficient (Wildman–Crippen LogP) is 3.06. The Bertz CT molecular complexity index is 623. The maximum Gasteiger partial charge on any atom is 0.408 e. The fourth-order valence-electron chi connectivity index (χ4n) is 2.98. The standard InChI is InChI=1S/C16H22N2O4/c1-16(2,3)22-15(21)17-10-7-6-9(8-4-5-8)11-12(10)14(20)18-13(11)19/h6-10,18-20H,4-5H2,1-3H3,(H,17,21). The molecule has 1 aromatic rings. The summed E-state index contributed by atoms with van der Waals surface area (Å²) in [5.41, 5.74) is 0.621. The summed E-state index contributed by atoms with van der Waals surface area (Å²) in [5.74, 6) is 0.454. The molecule has 6 nitrogen and oxygen atoms in total. The van der Waals surface area contributed by atoms with Crippen LogP contribution >= 0.6 is 0 Å². The van der Waals surface area contributed by atoms with E-state index in [1.54, 1.807) is 20.8 Å². The van der Waals surface area contributed by atoms with Crippen molar-refractivity contribution in [1.82, 2.24) is 10.3 Å². The van der Waals surface area contributed by atoms with Crippen LogP contribution in [-0.4, -0.2) is 26.9 Å². The van der Waals surface area contributed by atoms with Crippen molar-refractivity contribution in [3.8, 4) is 11.8 Å². The first-order valence-electron chi connectivity index (χ1n) is 7.58. The van der Waals surface area contributed by atoms with Gasteiger partial charge in [-0.3, -0.25) is 4.98 Å². The number of amides is 1. The van der Waals surface area contributed by atoms with E-state index in [0.29, 0.717) is 17.0 Å². The van der Waals surface area contributed by atoms with Gasteiger partial charge in [-0.05, 0) is 39.5 Å². The van der Waals surface area contributed by atoms with Crippen LogP contribution in [-0.2, 0) is 4.74 Å². The summed E-state index contributed by atoms with van der Waals surface area (Å²) in [5, 5.41) is 22.9. The molecule has 2 unspecified atom stereocenters. The van der Waals surface area contributed by atoms with Crippen molar-refractivity contribution in [1.29, 1.82) is 0 Å². The van der Waals surface area contributed by atoms with Crippen LogP contribution in [0, 0.1) is 5.92 Å². The summed E-state index contributed by atoms with van der Waals surface area (Å²) in [6.45, 7) is 5.37. The van der Waals surface area contributed by atoms with Crippen molar-refractivity contribution in [2.75, 3.05) is 0 Å². The molecule has 0 saturated heterocycles. The number of hydrogen-bond acceptors (Lipinski definition) is 4. The Balaban J connectivity index is 1.85. The van der Waals surface area contributed by atoms with Gasteiger partial charge >= 0.3 is 6.09 Å². The highest BCUT2D eigenvalue weighted by atomic mass is 16.6. The third kappa shape index (κ3) is 2.77. The molecular formula is C16H22N2O4. The Kier molecular flexibility index (Phi) is 3.34. The number of rotatable bonds is 2. The zero-order chi connectivity index (χ0) is 16.1. The molecule has 0 radical (unpaired) electrons. The van der Waals surface area contributed by atoms with Gasteiger partial charge in [0.25, 0.3) is 0 Å². The Hall–Kier alpha value is -2.11. The van der Waals surface area contributed by atoms with Crippen molar-refractivity contribution in [2.45, 2.75) is 51.2 Å². The zero-order valence-electron chi connectivity index (χ0n) is 13.0. The topological polar surface area (TPSA) is 94.6 Å². The maximum atomic E-state index is 12.0. The molecule has 120 valence electrons. The van der Waals surface area contributed by atoms with Crippen LogP contribution in [0.1, 0.15) is 56.7 Å². The lowest BCUT2D eigenvalue weighted by molar-refractivity contribution is 0.0513. The molecule has 22 heavy (non-hydrogen) atoms.